The highest BCUT2D eigenvalue weighted by Gasteiger charge is 2.12. The summed E-state index contributed by atoms with van der Waals surface area (Å²) in [5.41, 5.74) is 7.87. The van der Waals surface area contributed by atoms with E-state index in [0.717, 1.165) is 18.5 Å². The maximum absolute atomic E-state index is 11.5. The molecule has 1 rings (SSSR count). The van der Waals surface area contributed by atoms with Crippen molar-refractivity contribution in [2.45, 2.75) is 52.0 Å². The number of carbonyl (C=O) groups excluding carboxylic acids is 1. The van der Waals surface area contributed by atoms with Crippen molar-refractivity contribution in [3.8, 4) is 0 Å². The van der Waals surface area contributed by atoms with E-state index in [-0.39, 0.29) is 11.4 Å². The Kier molecular flexibility index (Phi) is 5.34. The van der Waals surface area contributed by atoms with Crippen LogP contribution in [0.1, 0.15) is 44.4 Å². The minimum absolute atomic E-state index is 0.0810. The average molecular weight is 252 g/mol. The average Bonchev–Trinajstić information content (AvgIpc) is 2.67. The lowest BCUT2D eigenvalue weighted by Crippen LogP contribution is -2.34. The van der Waals surface area contributed by atoms with E-state index in [1.165, 1.54) is 5.56 Å². The maximum Gasteiger partial charge on any atom is 0.220 e. The lowest BCUT2D eigenvalue weighted by molar-refractivity contribution is -0.121. The van der Waals surface area contributed by atoms with Crippen LogP contribution in [-0.2, 0) is 11.2 Å². The molecule has 5 heteroatoms. The normalized spacial score (nSPS) is 11.6. The van der Waals surface area contributed by atoms with Crippen molar-refractivity contribution in [2.75, 3.05) is 6.54 Å². The van der Waals surface area contributed by atoms with E-state index in [2.05, 4.69) is 15.5 Å². The number of aromatic amines is 1. The van der Waals surface area contributed by atoms with Gasteiger partial charge in [0, 0.05) is 24.2 Å². The number of aromatic nitrogens is 2. The number of amides is 1. The molecule has 0 aliphatic carbocycles. The van der Waals surface area contributed by atoms with Crippen LogP contribution >= 0.6 is 0 Å². The number of carbonyl (C=O) groups is 1. The van der Waals surface area contributed by atoms with Crippen LogP contribution in [0.3, 0.4) is 0 Å². The number of rotatable bonds is 7. The molecule has 0 saturated carbocycles. The summed E-state index contributed by atoms with van der Waals surface area (Å²) in [6.45, 7) is 6.57. The standard InChI is InChI=1S/C13H24N4O/c1-10-11(9-16-17-10)5-4-8-15-12(18)6-7-13(2,3)14/h9H,4-8,14H2,1-3H3,(H,15,18)(H,16,17). The van der Waals surface area contributed by atoms with Crippen LogP contribution in [0.5, 0.6) is 0 Å². The second-order valence-electron chi connectivity index (χ2n) is 5.46. The van der Waals surface area contributed by atoms with Crippen molar-refractivity contribution in [3.63, 3.8) is 0 Å². The first-order chi connectivity index (χ1) is 8.38. The topological polar surface area (TPSA) is 83.8 Å². The van der Waals surface area contributed by atoms with Gasteiger partial charge in [-0.1, -0.05) is 0 Å². The largest absolute Gasteiger partial charge is 0.356 e. The Bertz CT molecular complexity index is 379. The molecule has 0 bridgehead atoms. The summed E-state index contributed by atoms with van der Waals surface area (Å²) in [6, 6.07) is 0. The zero-order valence-electron chi connectivity index (χ0n) is 11.5. The molecular formula is C13H24N4O. The summed E-state index contributed by atoms with van der Waals surface area (Å²) in [7, 11) is 0. The third kappa shape index (κ3) is 5.82. The minimum Gasteiger partial charge on any atom is -0.356 e. The highest BCUT2D eigenvalue weighted by molar-refractivity contribution is 5.75. The second kappa shape index (κ2) is 6.54. The predicted molar refractivity (Wildman–Crippen MR) is 72.2 cm³/mol. The number of nitrogens with zero attached hydrogens (tertiary/aromatic N) is 1. The molecule has 0 unspecified atom stereocenters. The summed E-state index contributed by atoms with van der Waals surface area (Å²) in [5.74, 6) is 0.0810. The van der Waals surface area contributed by atoms with Gasteiger partial charge in [-0.25, -0.2) is 0 Å². The molecule has 1 aromatic rings. The monoisotopic (exact) mass is 252 g/mol. The van der Waals surface area contributed by atoms with Crippen molar-refractivity contribution in [2.24, 2.45) is 5.73 Å². The number of aryl methyl sites for hydroxylation is 2. The Hall–Kier alpha value is -1.36. The number of hydrogen-bond donors (Lipinski definition) is 3. The predicted octanol–water partition coefficient (Wildman–Crippen LogP) is 1.28. The van der Waals surface area contributed by atoms with Crippen molar-refractivity contribution in [1.82, 2.24) is 15.5 Å². The van der Waals surface area contributed by atoms with Crippen molar-refractivity contribution < 1.29 is 4.79 Å². The molecule has 0 aliphatic heterocycles. The summed E-state index contributed by atoms with van der Waals surface area (Å²) < 4.78 is 0. The van der Waals surface area contributed by atoms with Crippen LogP contribution in [0, 0.1) is 6.92 Å². The first-order valence-electron chi connectivity index (χ1n) is 6.43. The number of hydrogen-bond acceptors (Lipinski definition) is 3. The minimum atomic E-state index is -0.273. The van der Waals surface area contributed by atoms with Crippen molar-refractivity contribution in [1.29, 1.82) is 0 Å². The smallest absolute Gasteiger partial charge is 0.220 e. The quantitative estimate of drug-likeness (QED) is 0.639. The lowest BCUT2D eigenvalue weighted by Gasteiger charge is -2.17. The van der Waals surface area contributed by atoms with E-state index in [9.17, 15) is 4.79 Å². The molecule has 0 radical (unpaired) electrons. The van der Waals surface area contributed by atoms with E-state index in [4.69, 9.17) is 5.73 Å². The highest BCUT2D eigenvalue weighted by atomic mass is 16.1. The van der Waals surface area contributed by atoms with E-state index in [1.807, 2.05) is 27.0 Å². The van der Waals surface area contributed by atoms with E-state index >= 15 is 0 Å². The third-order valence-electron chi connectivity index (χ3n) is 2.88. The fourth-order valence-corrected chi connectivity index (χ4v) is 1.66. The Morgan fingerprint density at radius 1 is 1.56 bits per heavy atom. The molecule has 102 valence electrons. The Balaban J connectivity index is 2.11. The number of nitrogens with two attached hydrogens (primary N) is 1. The molecule has 1 aromatic heterocycles. The maximum atomic E-state index is 11.5. The Morgan fingerprint density at radius 2 is 2.28 bits per heavy atom. The van der Waals surface area contributed by atoms with Gasteiger partial charge in [-0.05, 0) is 45.6 Å². The van der Waals surface area contributed by atoms with Crippen LogP contribution in [-0.4, -0.2) is 28.2 Å². The SMILES string of the molecule is Cc1[nH]ncc1CCCNC(=O)CCC(C)(C)N. The van der Waals surface area contributed by atoms with Gasteiger partial charge in [0.15, 0.2) is 0 Å². The molecule has 0 aromatic carbocycles. The van der Waals surface area contributed by atoms with Crippen LogP contribution < -0.4 is 11.1 Å². The van der Waals surface area contributed by atoms with Gasteiger partial charge in [-0.2, -0.15) is 5.10 Å². The van der Waals surface area contributed by atoms with Gasteiger partial charge < -0.3 is 11.1 Å². The molecule has 5 nitrogen and oxygen atoms in total. The van der Waals surface area contributed by atoms with E-state index < -0.39 is 0 Å². The van der Waals surface area contributed by atoms with Gasteiger partial charge in [-0.15, -0.1) is 0 Å². The highest BCUT2D eigenvalue weighted by Crippen LogP contribution is 2.07. The van der Waals surface area contributed by atoms with E-state index in [1.54, 1.807) is 0 Å². The molecular weight excluding hydrogens is 228 g/mol. The first-order valence-corrected chi connectivity index (χ1v) is 6.43. The Labute approximate surface area is 109 Å². The van der Waals surface area contributed by atoms with Crippen LogP contribution in [0.25, 0.3) is 0 Å². The molecule has 0 fully saturated rings. The Morgan fingerprint density at radius 3 is 2.83 bits per heavy atom. The molecule has 1 amide bonds. The lowest BCUT2D eigenvalue weighted by atomic mass is 10.00. The summed E-state index contributed by atoms with van der Waals surface area (Å²) in [4.78, 5) is 11.5. The van der Waals surface area contributed by atoms with Gasteiger partial charge in [0.1, 0.15) is 0 Å². The van der Waals surface area contributed by atoms with Gasteiger partial charge >= 0.3 is 0 Å². The zero-order chi connectivity index (χ0) is 13.6. The molecule has 0 aliphatic rings. The third-order valence-corrected chi connectivity index (χ3v) is 2.88. The van der Waals surface area contributed by atoms with Crippen molar-refractivity contribution >= 4 is 5.91 Å². The van der Waals surface area contributed by atoms with Gasteiger partial charge in [0.25, 0.3) is 0 Å². The van der Waals surface area contributed by atoms with Gasteiger partial charge in [-0.3, -0.25) is 9.89 Å². The zero-order valence-corrected chi connectivity index (χ0v) is 11.5. The van der Waals surface area contributed by atoms with Crippen LogP contribution in [0.4, 0.5) is 0 Å². The van der Waals surface area contributed by atoms with Gasteiger partial charge in [0.05, 0.1) is 6.20 Å². The summed E-state index contributed by atoms with van der Waals surface area (Å²) in [6.07, 6.45) is 4.91. The number of H-pyrrole nitrogens is 1. The molecule has 0 spiro atoms. The van der Waals surface area contributed by atoms with E-state index in [0.29, 0.717) is 19.4 Å². The number of nitrogens with one attached hydrogen (secondary N) is 2. The second-order valence-corrected chi connectivity index (χ2v) is 5.46. The fraction of sp³-hybridized carbons (Fsp3) is 0.692. The molecule has 0 atom stereocenters. The fourth-order valence-electron chi connectivity index (χ4n) is 1.66. The summed E-state index contributed by atoms with van der Waals surface area (Å²) in [5, 5.41) is 9.78. The summed E-state index contributed by atoms with van der Waals surface area (Å²) >= 11 is 0. The molecule has 1 heterocycles. The first kappa shape index (κ1) is 14.7. The van der Waals surface area contributed by atoms with Crippen LogP contribution in [0.2, 0.25) is 0 Å². The van der Waals surface area contributed by atoms with Gasteiger partial charge in [0.2, 0.25) is 5.91 Å². The molecule has 0 saturated heterocycles. The molecule has 18 heavy (non-hydrogen) atoms. The van der Waals surface area contributed by atoms with Crippen LogP contribution in [0.15, 0.2) is 6.20 Å². The molecule has 4 N–H and O–H groups in total. The van der Waals surface area contributed by atoms with Crippen molar-refractivity contribution in [3.05, 3.63) is 17.5 Å².